The van der Waals surface area contributed by atoms with Gasteiger partial charge < -0.3 is 4.98 Å². The number of pyridine rings is 1. The highest BCUT2D eigenvalue weighted by Gasteiger charge is 1.99. The summed E-state index contributed by atoms with van der Waals surface area (Å²) in [5.41, 5.74) is 1.64. The molecule has 1 heterocycles. The monoisotopic (exact) mass is 205 g/mol. The zero-order valence-corrected chi connectivity index (χ0v) is 8.08. The fraction of sp³-hybridized carbons (Fsp3) is 0. The number of halogens is 1. The van der Waals surface area contributed by atoms with E-state index in [1.165, 1.54) is 6.07 Å². The molecule has 0 saturated carbocycles. The highest BCUT2D eigenvalue weighted by atomic mass is 35.5. The topological polar surface area (TPSA) is 32.9 Å². The molecule has 1 aromatic carbocycles. The van der Waals surface area contributed by atoms with Gasteiger partial charge in [-0.3, -0.25) is 4.79 Å². The summed E-state index contributed by atoms with van der Waals surface area (Å²) < 4.78 is 0. The number of aromatic nitrogens is 1. The number of hydrogen-bond acceptors (Lipinski definition) is 1. The predicted octanol–water partition coefficient (Wildman–Crippen LogP) is 2.70. The normalized spacial score (nSPS) is 10.1. The molecule has 3 heteroatoms. The lowest BCUT2D eigenvalue weighted by Crippen LogP contribution is -2.03. The van der Waals surface area contributed by atoms with Crippen LogP contribution < -0.4 is 5.56 Å². The Balaban J connectivity index is 2.58. The third-order valence-corrected chi connectivity index (χ3v) is 2.12. The van der Waals surface area contributed by atoms with Crippen LogP contribution in [0.1, 0.15) is 0 Å². The molecule has 0 unspecified atom stereocenters. The summed E-state index contributed by atoms with van der Waals surface area (Å²) in [5, 5.41) is 0.358. The first-order valence-corrected chi connectivity index (χ1v) is 4.59. The lowest BCUT2D eigenvalue weighted by atomic mass is 10.1. The maximum atomic E-state index is 11.1. The van der Waals surface area contributed by atoms with Crippen molar-refractivity contribution in [2.75, 3.05) is 0 Å². The van der Waals surface area contributed by atoms with Crippen LogP contribution in [0.2, 0.25) is 5.15 Å². The van der Waals surface area contributed by atoms with Crippen molar-refractivity contribution < 1.29 is 0 Å². The number of hydrogen-bond donors (Lipinski definition) is 1. The Kier molecular flexibility index (Phi) is 2.37. The van der Waals surface area contributed by atoms with Gasteiger partial charge in [-0.05, 0) is 17.2 Å². The lowest BCUT2D eigenvalue weighted by Gasteiger charge is -2.00. The van der Waals surface area contributed by atoms with Crippen LogP contribution in [0.4, 0.5) is 0 Å². The van der Waals surface area contributed by atoms with Crippen molar-refractivity contribution in [2.45, 2.75) is 0 Å². The molecule has 2 rings (SSSR count). The standard InChI is InChI=1S/C11H8ClNO/c12-10-6-9(7-11(14)13-10)8-4-2-1-3-5-8/h1-7H,(H,13,14). The van der Waals surface area contributed by atoms with Gasteiger partial charge in [-0.25, -0.2) is 0 Å². The van der Waals surface area contributed by atoms with Crippen molar-refractivity contribution in [3.63, 3.8) is 0 Å². The van der Waals surface area contributed by atoms with E-state index in [2.05, 4.69) is 4.98 Å². The second-order valence-corrected chi connectivity index (χ2v) is 3.35. The maximum absolute atomic E-state index is 11.1. The number of aromatic amines is 1. The van der Waals surface area contributed by atoms with Crippen molar-refractivity contribution in [3.8, 4) is 11.1 Å². The summed E-state index contributed by atoms with van der Waals surface area (Å²) in [7, 11) is 0. The van der Waals surface area contributed by atoms with Crippen LogP contribution in [0.15, 0.2) is 47.3 Å². The Morgan fingerprint density at radius 2 is 1.71 bits per heavy atom. The van der Waals surface area contributed by atoms with Crippen LogP contribution in [-0.4, -0.2) is 4.98 Å². The zero-order valence-electron chi connectivity index (χ0n) is 7.33. The van der Waals surface area contributed by atoms with E-state index in [9.17, 15) is 4.79 Å². The van der Waals surface area contributed by atoms with Gasteiger partial charge in [0.25, 0.3) is 0 Å². The Labute approximate surface area is 86.2 Å². The molecule has 0 radical (unpaired) electrons. The fourth-order valence-electron chi connectivity index (χ4n) is 1.31. The van der Waals surface area contributed by atoms with E-state index in [4.69, 9.17) is 11.6 Å². The van der Waals surface area contributed by atoms with E-state index < -0.39 is 0 Å². The van der Waals surface area contributed by atoms with Crippen LogP contribution in [0.25, 0.3) is 11.1 Å². The molecule has 0 saturated heterocycles. The first-order chi connectivity index (χ1) is 6.75. The summed E-state index contributed by atoms with van der Waals surface area (Å²) in [6.45, 7) is 0. The highest BCUT2D eigenvalue weighted by molar-refractivity contribution is 6.29. The predicted molar refractivity (Wildman–Crippen MR) is 57.5 cm³/mol. The molecule has 0 bridgehead atoms. The molecule has 0 aliphatic rings. The first kappa shape index (κ1) is 9.03. The molecule has 1 N–H and O–H groups in total. The second-order valence-electron chi connectivity index (χ2n) is 2.95. The quantitative estimate of drug-likeness (QED) is 0.714. The minimum absolute atomic E-state index is 0.184. The van der Waals surface area contributed by atoms with Crippen LogP contribution >= 0.6 is 11.6 Å². The van der Waals surface area contributed by atoms with Crippen molar-refractivity contribution in [1.82, 2.24) is 4.98 Å². The molecule has 1 aromatic heterocycles. The molecular formula is C11H8ClNO. The van der Waals surface area contributed by atoms with Gasteiger partial charge in [0, 0.05) is 6.07 Å². The molecular weight excluding hydrogens is 198 g/mol. The summed E-state index contributed by atoms with van der Waals surface area (Å²) in [4.78, 5) is 13.6. The number of rotatable bonds is 1. The Morgan fingerprint density at radius 3 is 2.36 bits per heavy atom. The van der Waals surface area contributed by atoms with Gasteiger partial charge in [0.2, 0.25) is 5.56 Å². The average Bonchev–Trinajstić information content (AvgIpc) is 2.18. The Hall–Kier alpha value is -1.54. The zero-order chi connectivity index (χ0) is 9.97. The highest BCUT2D eigenvalue weighted by Crippen LogP contribution is 2.18. The van der Waals surface area contributed by atoms with Crippen molar-refractivity contribution in [2.24, 2.45) is 0 Å². The molecule has 0 fully saturated rings. The SMILES string of the molecule is O=c1cc(-c2ccccc2)cc(Cl)[nH]1. The minimum Gasteiger partial charge on any atom is -0.313 e. The van der Waals surface area contributed by atoms with Crippen LogP contribution in [0, 0.1) is 0 Å². The molecule has 14 heavy (non-hydrogen) atoms. The first-order valence-electron chi connectivity index (χ1n) is 4.21. The summed E-state index contributed by atoms with van der Waals surface area (Å²) >= 11 is 5.74. The summed E-state index contributed by atoms with van der Waals surface area (Å²) in [5.74, 6) is 0. The molecule has 0 spiro atoms. The number of H-pyrrole nitrogens is 1. The molecule has 70 valence electrons. The van der Waals surface area contributed by atoms with E-state index in [-0.39, 0.29) is 5.56 Å². The molecule has 0 aliphatic heterocycles. The van der Waals surface area contributed by atoms with Gasteiger partial charge >= 0.3 is 0 Å². The second kappa shape index (κ2) is 3.68. The smallest absolute Gasteiger partial charge is 0.249 e. The Morgan fingerprint density at radius 1 is 1.00 bits per heavy atom. The third kappa shape index (κ3) is 1.86. The average molecular weight is 206 g/mol. The van der Waals surface area contributed by atoms with Gasteiger partial charge in [0.1, 0.15) is 5.15 Å². The largest absolute Gasteiger partial charge is 0.313 e. The number of nitrogens with one attached hydrogen (secondary N) is 1. The minimum atomic E-state index is -0.184. The van der Waals surface area contributed by atoms with Crippen LogP contribution in [0.3, 0.4) is 0 Å². The maximum Gasteiger partial charge on any atom is 0.249 e. The number of benzene rings is 1. The summed E-state index contributed by atoms with van der Waals surface area (Å²) in [6.07, 6.45) is 0. The van der Waals surface area contributed by atoms with Gasteiger partial charge in [-0.2, -0.15) is 0 Å². The van der Waals surface area contributed by atoms with Gasteiger partial charge in [0.15, 0.2) is 0 Å². The van der Waals surface area contributed by atoms with Gasteiger partial charge in [0.05, 0.1) is 0 Å². The molecule has 0 amide bonds. The van der Waals surface area contributed by atoms with E-state index in [0.29, 0.717) is 5.15 Å². The van der Waals surface area contributed by atoms with Crippen molar-refractivity contribution in [3.05, 3.63) is 58.0 Å². The molecule has 0 aliphatic carbocycles. The van der Waals surface area contributed by atoms with Crippen LogP contribution in [0.5, 0.6) is 0 Å². The fourth-order valence-corrected chi connectivity index (χ4v) is 1.52. The van der Waals surface area contributed by atoms with Crippen molar-refractivity contribution >= 4 is 11.6 Å². The van der Waals surface area contributed by atoms with Gasteiger partial charge in [-0.15, -0.1) is 0 Å². The van der Waals surface area contributed by atoms with E-state index in [1.54, 1.807) is 6.07 Å². The lowest BCUT2D eigenvalue weighted by molar-refractivity contribution is 1.24. The molecule has 2 nitrogen and oxygen atoms in total. The van der Waals surface area contributed by atoms with Crippen molar-refractivity contribution in [1.29, 1.82) is 0 Å². The van der Waals surface area contributed by atoms with E-state index in [0.717, 1.165) is 11.1 Å². The molecule has 2 aromatic rings. The van der Waals surface area contributed by atoms with Crippen LogP contribution in [-0.2, 0) is 0 Å². The van der Waals surface area contributed by atoms with E-state index >= 15 is 0 Å². The van der Waals surface area contributed by atoms with E-state index in [1.807, 2.05) is 30.3 Å². The molecule has 0 atom stereocenters. The van der Waals surface area contributed by atoms with Gasteiger partial charge in [-0.1, -0.05) is 41.9 Å². The third-order valence-electron chi connectivity index (χ3n) is 1.92. The summed E-state index contributed by atoms with van der Waals surface area (Å²) in [6, 6.07) is 12.9. The Bertz CT molecular complexity index is 490.